The van der Waals surface area contributed by atoms with Crippen molar-refractivity contribution >= 4 is 17.1 Å². The van der Waals surface area contributed by atoms with Crippen LogP contribution in [0.3, 0.4) is 0 Å². The average Bonchev–Trinajstić information content (AvgIpc) is 3.51. The fourth-order valence-corrected chi connectivity index (χ4v) is 7.54. The third-order valence-corrected chi connectivity index (χ3v) is 9.24. The van der Waals surface area contributed by atoms with Gasteiger partial charge < -0.3 is 9.84 Å². The van der Waals surface area contributed by atoms with Crippen molar-refractivity contribution in [3.63, 3.8) is 0 Å². The predicted octanol–water partition coefficient (Wildman–Crippen LogP) is 7.15. The molecule has 2 heterocycles. The molecular weight excluding hydrogens is 598 g/mol. The van der Waals surface area contributed by atoms with Crippen LogP contribution in [0.4, 0.5) is 26.3 Å². The number of alkyl halides is 6. The number of methoxy groups -OCH3 is 1. The number of carboxylic acid groups (broad SMARTS) is 1. The maximum absolute atomic E-state index is 13.9. The number of hydrogen-bond donors (Lipinski definition) is 2. The van der Waals surface area contributed by atoms with Gasteiger partial charge in [-0.1, -0.05) is 23.8 Å². The summed E-state index contributed by atoms with van der Waals surface area (Å²) >= 11 is -1.91. The van der Waals surface area contributed by atoms with E-state index < -0.39 is 58.7 Å². The van der Waals surface area contributed by atoms with Gasteiger partial charge in [-0.15, -0.1) is 0 Å². The second-order valence-electron chi connectivity index (χ2n) is 10.7. The Morgan fingerprint density at radius 3 is 2.35 bits per heavy atom. The molecule has 5 rings (SSSR count). The summed E-state index contributed by atoms with van der Waals surface area (Å²) in [5.74, 6) is -0.647. The molecule has 2 aliphatic heterocycles. The fraction of sp³-hybridized carbons (Fsp3) is 0.367. The molecule has 4 atom stereocenters. The lowest BCUT2D eigenvalue weighted by Gasteiger charge is -2.26. The number of carboxylic acids is 1. The molecule has 6 nitrogen and oxygen atoms in total. The number of benzene rings is 3. The first kappa shape index (κ1) is 31.0. The molecule has 0 aliphatic carbocycles. The number of ether oxygens (including phenoxy) is 1. The summed E-state index contributed by atoms with van der Waals surface area (Å²) in [5.41, 5.74) is 0.647. The minimum Gasteiger partial charge on any atom is -0.496 e. The highest BCUT2D eigenvalue weighted by Gasteiger charge is 2.50. The minimum absolute atomic E-state index is 0.148. The molecule has 2 fully saturated rings. The quantitative estimate of drug-likeness (QED) is 0.273. The van der Waals surface area contributed by atoms with Gasteiger partial charge >= 0.3 is 18.3 Å². The van der Waals surface area contributed by atoms with Crippen molar-refractivity contribution in [2.24, 2.45) is 0 Å². The van der Waals surface area contributed by atoms with Gasteiger partial charge in [0, 0.05) is 24.1 Å². The molecule has 0 aromatic heterocycles. The van der Waals surface area contributed by atoms with Gasteiger partial charge in [0.1, 0.15) is 5.75 Å². The summed E-state index contributed by atoms with van der Waals surface area (Å²) in [7, 11) is 1.41. The SMILES string of the molecule is COc1ccc(CCC(=O)O)cc1-c1ccc(C(F)(F)F)cc1[C@@H]1CCC2C(c3cc(C)cc(C(F)(F)F)c3)NS(=O)N21. The zero-order valence-corrected chi connectivity index (χ0v) is 23.9. The first-order valence-corrected chi connectivity index (χ1v) is 14.5. The number of hydrogen-bond acceptors (Lipinski definition) is 3. The molecule has 230 valence electrons. The first-order chi connectivity index (χ1) is 20.2. The zero-order valence-electron chi connectivity index (χ0n) is 23.1. The van der Waals surface area contributed by atoms with Crippen molar-refractivity contribution in [2.45, 2.75) is 63.1 Å². The van der Waals surface area contributed by atoms with E-state index in [9.17, 15) is 35.3 Å². The van der Waals surface area contributed by atoms with Crippen molar-refractivity contribution in [2.75, 3.05) is 7.11 Å². The highest BCUT2D eigenvalue weighted by molar-refractivity contribution is 7.80. The maximum Gasteiger partial charge on any atom is 0.416 e. The Labute approximate surface area is 246 Å². The number of aliphatic carboxylic acids is 1. The second-order valence-corrected chi connectivity index (χ2v) is 11.9. The topological polar surface area (TPSA) is 78.9 Å². The van der Waals surface area contributed by atoms with Crippen molar-refractivity contribution in [3.8, 4) is 16.9 Å². The number of fused-ring (bicyclic) bond motifs is 1. The summed E-state index contributed by atoms with van der Waals surface area (Å²) in [6.07, 6.45) is -8.53. The fourth-order valence-electron chi connectivity index (χ4n) is 5.99. The average molecular weight is 627 g/mol. The van der Waals surface area contributed by atoms with Gasteiger partial charge in [0.15, 0.2) is 11.2 Å². The van der Waals surface area contributed by atoms with Crippen molar-refractivity contribution in [1.82, 2.24) is 9.03 Å². The van der Waals surface area contributed by atoms with Crippen molar-refractivity contribution < 1.29 is 45.2 Å². The van der Waals surface area contributed by atoms with Crippen molar-refractivity contribution in [1.29, 1.82) is 0 Å². The molecule has 3 aromatic rings. The van der Waals surface area contributed by atoms with Gasteiger partial charge in [0.05, 0.1) is 24.3 Å². The summed E-state index contributed by atoms with van der Waals surface area (Å²) in [5, 5.41) is 9.11. The molecule has 0 saturated carbocycles. The smallest absolute Gasteiger partial charge is 0.416 e. The van der Waals surface area contributed by atoms with E-state index in [0.717, 1.165) is 24.3 Å². The van der Waals surface area contributed by atoms with Gasteiger partial charge in [-0.05, 0) is 84.8 Å². The van der Waals surface area contributed by atoms with Gasteiger partial charge in [-0.3, -0.25) is 4.79 Å². The Morgan fingerprint density at radius 1 is 0.977 bits per heavy atom. The molecule has 0 bridgehead atoms. The minimum atomic E-state index is -4.67. The number of halogens is 6. The summed E-state index contributed by atoms with van der Waals surface area (Å²) in [6, 6.07) is 9.85. The van der Waals surface area contributed by atoms with E-state index in [1.54, 1.807) is 28.6 Å². The number of aryl methyl sites for hydroxylation is 2. The predicted molar refractivity (Wildman–Crippen MR) is 147 cm³/mol. The largest absolute Gasteiger partial charge is 0.496 e. The lowest BCUT2D eigenvalue weighted by atomic mass is 9.90. The molecule has 3 unspecified atom stereocenters. The van der Waals surface area contributed by atoms with Gasteiger partial charge in [0.2, 0.25) is 0 Å². The van der Waals surface area contributed by atoms with Gasteiger partial charge in [0.25, 0.3) is 0 Å². The number of rotatable bonds is 7. The van der Waals surface area contributed by atoms with E-state index in [1.165, 1.54) is 20.1 Å². The summed E-state index contributed by atoms with van der Waals surface area (Å²) in [4.78, 5) is 11.1. The van der Waals surface area contributed by atoms with E-state index in [1.807, 2.05) is 0 Å². The lowest BCUT2D eigenvalue weighted by Crippen LogP contribution is -2.29. The van der Waals surface area contributed by atoms with Crippen LogP contribution in [-0.4, -0.2) is 32.7 Å². The third-order valence-electron chi connectivity index (χ3n) is 7.88. The summed E-state index contributed by atoms with van der Waals surface area (Å²) < 4.78 is 106. The Bertz CT molecular complexity index is 1580. The van der Waals surface area contributed by atoms with Crippen LogP contribution in [0.1, 0.15) is 64.7 Å². The second kappa shape index (κ2) is 11.6. The van der Waals surface area contributed by atoms with Crippen LogP contribution >= 0.6 is 0 Å². The van der Waals surface area contributed by atoms with E-state index in [4.69, 9.17) is 9.84 Å². The molecule has 2 saturated heterocycles. The molecule has 2 aliphatic rings. The van der Waals surface area contributed by atoms with E-state index >= 15 is 0 Å². The van der Waals surface area contributed by atoms with Crippen molar-refractivity contribution in [3.05, 3.63) is 88.0 Å². The Morgan fingerprint density at radius 2 is 1.70 bits per heavy atom. The van der Waals surface area contributed by atoms with Crippen LogP contribution < -0.4 is 9.46 Å². The van der Waals surface area contributed by atoms with Crippen LogP contribution in [0.15, 0.2) is 54.6 Å². The number of carbonyl (C=O) groups is 1. The maximum atomic E-state index is 13.9. The van der Waals surface area contributed by atoms with Gasteiger partial charge in [-0.25, -0.2) is 8.93 Å². The monoisotopic (exact) mass is 626 g/mol. The first-order valence-electron chi connectivity index (χ1n) is 13.4. The van der Waals surface area contributed by atoms with Crippen LogP contribution in [0, 0.1) is 6.92 Å². The molecule has 43 heavy (non-hydrogen) atoms. The Hall–Kier alpha value is -3.42. The van der Waals surface area contributed by atoms with E-state index in [0.29, 0.717) is 46.4 Å². The van der Waals surface area contributed by atoms with E-state index in [2.05, 4.69) is 4.72 Å². The normalized spacial score (nSPS) is 22.5. The Balaban J connectivity index is 1.59. The number of nitrogens with zero attached hydrogens (tertiary/aromatic N) is 1. The van der Waals surface area contributed by atoms with Crippen LogP contribution in [-0.2, 0) is 34.7 Å². The van der Waals surface area contributed by atoms with Crippen LogP contribution in [0.5, 0.6) is 5.75 Å². The van der Waals surface area contributed by atoms with Crippen LogP contribution in [0.25, 0.3) is 11.1 Å². The lowest BCUT2D eigenvalue weighted by molar-refractivity contribution is -0.138. The summed E-state index contributed by atoms with van der Waals surface area (Å²) in [6.45, 7) is 1.53. The van der Waals surface area contributed by atoms with Gasteiger partial charge in [-0.2, -0.15) is 30.6 Å². The molecule has 3 aromatic carbocycles. The Kier molecular flexibility index (Phi) is 8.36. The highest BCUT2D eigenvalue weighted by Crippen LogP contribution is 2.50. The zero-order chi connectivity index (χ0) is 31.3. The molecule has 0 spiro atoms. The molecule has 2 N–H and O–H groups in total. The molecular formula is C30H28F6N2O4S. The highest BCUT2D eigenvalue weighted by atomic mass is 32.2. The molecule has 0 amide bonds. The molecule has 0 radical (unpaired) electrons. The molecule has 13 heteroatoms. The van der Waals surface area contributed by atoms with E-state index in [-0.39, 0.29) is 18.4 Å². The number of nitrogens with one attached hydrogen (secondary N) is 1. The standard InChI is InChI=1S/C30H28F6N2O4S/c1-16-11-18(14-20(12-16)30(34,35)36)28-25-8-7-24(38(25)43(41)37-28)22-15-19(29(31,32)33)5-6-21(22)23-13-17(4-10-27(39)40)3-9-26(23)42-2/h3,5-6,9,11-15,24-25,28,37H,4,7-8,10H2,1-2H3,(H,39,40)/t24-,25?,28?,43?/m0/s1. The van der Waals surface area contributed by atoms with Crippen LogP contribution in [0.2, 0.25) is 0 Å². The third kappa shape index (κ3) is 6.29.